The molecule has 1 unspecified atom stereocenters. The lowest BCUT2D eigenvalue weighted by atomic mass is 9.76. The Morgan fingerprint density at radius 2 is 1.89 bits per heavy atom. The summed E-state index contributed by atoms with van der Waals surface area (Å²) in [6, 6.07) is 0.705. The maximum Gasteiger partial charge on any atom is 0.00413 e. The van der Waals surface area contributed by atoms with Crippen molar-refractivity contribution in [3.8, 4) is 0 Å². The largest absolute Gasteiger partial charge is 0.300 e. The van der Waals surface area contributed by atoms with E-state index >= 15 is 0 Å². The number of allylic oxidation sites excluding steroid dienone is 1. The second-order valence-corrected chi connectivity index (χ2v) is 7.23. The van der Waals surface area contributed by atoms with Gasteiger partial charge >= 0.3 is 0 Å². The number of hydrogen-bond acceptors (Lipinski definition) is 1. The number of hydrogen-bond donors (Lipinski definition) is 0. The van der Waals surface area contributed by atoms with Crippen LogP contribution >= 0.6 is 0 Å². The Bertz CT molecular complexity index is 279. The molecule has 1 nitrogen and oxygen atoms in total. The van der Waals surface area contributed by atoms with Crippen LogP contribution in [0.4, 0.5) is 0 Å². The monoisotopic (exact) mass is 265 g/mol. The van der Waals surface area contributed by atoms with Gasteiger partial charge in [0.25, 0.3) is 0 Å². The van der Waals surface area contributed by atoms with Crippen LogP contribution in [0.2, 0.25) is 0 Å². The maximum absolute atomic E-state index is 4.27. The highest BCUT2D eigenvalue weighted by molar-refractivity contribution is 5.01. The van der Waals surface area contributed by atoms with Gasteiger partial charge in [-0.2, -0.15) is 0 Å². The van der Waals surface area contributed by atoms with Gasteiger partial charge in [0.1, 0.15) is 0 Å². The summed E-state index contributed by atoms with van der Waals surface area (Å²) < 4.78 is 0. The fourth-order valence-electron chi connectivity index (χ4n) is 3.21. The van der Waals surface area contributed by atoms with E-state index in [0.29, 0.717) is 17.4 Å². The van der Waals surface area contributed by atoms with Gasteiger partial charge in [-0.05, 0) is 57.4 Å². The molecule has 112 valence electrons. The maximum atomic E-state index is 4.27. The summed E-state index contributed by atoms with van der Waals surface area (Å²) in [5.41, 5.74) is 2.02. The van der Waals surface area contributed by atoms with E-state index in [1.165, 1.54) is 57.2 Å². The van der Waals surface area contributed by atoms with Crippen molar-refractivity contribution in [2.75, 3.05) is 13.1 Å². The fraction of sp³-hybridized carbons (Fsp3) is 0.889. The van der Waals surface area contributed by atoms with Crippen LogP contribution in [0.25, 0.3) is 0 Å². The van der Waals surface area contributed by atoms with Gasteiger partial charge in [0.05, 0.1) is 0 Å². The van der Waals surface area contributed by atoms with Crippen LogP contribution in [0, 0.1) is 11.3 Å². The van der Waals surface area contributed by atoms with Crippen molar-refractivity contribution in [2.45, 2.75) is 79.2 Å². The van der Waals surface area contributed by atoms with E-state index in [4.69, 9.17) is 0 Å². The first kappa shape index (κ1) is 16.8. The predicted molar refractivity (Wildman–Crippen MR) is 86.5 cm³/mol. The van der Waals surface area contributed by atoms with Crippen molar-refractivity contribution in [1.82, 2.24) is 4.90 Å². The molecule has 0 aromatic carbocycles. The van der Waals surface area contributed by atoms with Crippen LogP contribution in [0.3, 0.4) is 0 Å². The van der Waals surface area contributed by atoms with E-state index in [1.807, 2.05) is 0 Å². The smallest absolute Gasteiger partial charge is 0.00413 e. The zero-order valence-electron chi connectivity index (χ0n) is 14.0. The Morgan fingerprint density at radius 1 is 1.21 bits per heavy atom. The first-order chi connectivity index (χ1) is 8.90. The molecule has 19 heavy (non-hydrogen) atoms. The van der Waals surface area contributed by atoms with E-state index in [-0.39, 0.29) is 0 Å². The first-order valence-corrected chi connectivity index (χ1v) is 8.32. The van der Waals surface area contributed by atoms with Crippen molar-refractivity contribution in [1.29, 1.82) is 0 Å². The summed E-state index contributed by atoms with van der Waals surface area (Å²) in [4.78, 5) is 2.67. The van der Waals surface area contributed by atoms with E-state index in [0.717, 1.165) is 0 Å². The minimum absolute atomic E-state index is 0.581. The molecule has 0 bridgehead atoms. The lowest BCUT2D eigenvalue weighted by Gasteiger charge is -2.31. The van der Waals surface area contributed by atoms with E-state index in [2.05, 4.69) is 46.1 Å². The molecule has 1 aliphatic rings. The van der Waals surface area contributed by atoms with Crippen molar-refractivity contribution in [3.63, 3.8) is 0 Å². The highest BCUT2D eigenvalue weighted by Crippen LogP contribution is 2.41. The molecular formula is C18H35N. The average Bonchev–Trinajstić information content (AvgIpc) is 2.78. The highest BCUT2D eigenvalue weighted by Gasteiger charge is 2.37. The standard InChI is InChI=1S/C18H35N/c1-7-8-10-18(11-9-17(6)15(2)3)12-13-19(14-18)16(4)5/h15-16H,6-14H2,1-5H3. The Labute approximate surface area is 121 Å². The fourth-order valence-corrected chi connectivity index (χ4v) is 3.21. The van der Waals surface area contributed by atoms with Crippen molar-refractivity contribution in [3.05, 3.63) is 12.2 Å². The molecule has 0 amide bonds. The minimum atomic E-state index is 0.581. The molecule has 1 heterocycles. The van der Waals surface area contributed by atoms with Crippen LogP contribution in [0.15, 0.2) is 12.2 Å². The molecular weight excluding hydrogens is 230 g/mol. The molecule has 1 aliphatic heterocycles. The Balaban J connectivity index is 2.59. The lowest BCUT2D eigenvalue weighted by molar-refractivity contribution is 0.196. The van der Waals surface area contributed by atoms with Crippen molar-refractivity contribution in [2.24, 2.45) is 11.3 Å². The normalized spacial score (nSPS) is 24.6. The zero-order valence-corrected chi connectivity index (χ0v) is 14.0. The van der Waals surface area contributed by atoms with Gasteiger partial charge in [-0.15, -0.1) is 0 Å². The predicted octanol–water partition coefficient (Wildman–Crippen LogP) is 5.27. The SMILES string of the molecule is C=C(CCC1(CCCC)CCN(C(C)C)C1)C(C)C. The van der Waals surface area contributed by atoms with Gasteiger partial charge in [0.2, 0.25) is 0 Å². The van der Waals surface area contributed by atoms with Crippen molar-refractivity contribution >= 4 is 0 Å². The molecule has 0 spiro atoms. The van der Waals surface area contributed by atoms with Gasteiger partial charge in [-0.3, -0.25) is 0 Å². The van der Waals surface area contributed by atoms with E-state index in [1.54, 1.807) is 0 Å². The van der Waals surface area contributed by atoms with Crippen LogP contribution in [0.5, 0.6) is 0 Å². The quantitative estimate of drug-likeness (QED) is 0.540. The zero-order chi connectivity index (χ0) is 14.5. The van der Waals surface area contributed by atoms with Crippen LogP contribution in [-0.2, 0) is 0 Å². The van der Waals surface area contributed by atoms with Gasteiger partial charge in [-0.25, -0.2) is 0 Å². The second-order valence-electron chi connectivity index (χ2n) is 7.23. The summed E-state index contributed by atoms with van der Waals surface area (Å²) in [5.74, 6) is 0.644. The summed E-state index contributed by atoms with van der Waals surface area (Å²) in [7, 11) is 0. The van der Waals surface area contributed by atoms with E-state index in [9.17, 15) is 0 Å². The Morgan fingerprint density at radius 3 is 2.37 bits per heavy atom. The Kier molecular flexibility index (Phi) is 6.59. The number of likely N-dealkylation sites (tertiary alicyclic amines) is 1. The molecule has 0 aromatic heterocycles. The third-order valence-electron chi connectivity index (χ3n) is 5.05. The topological polar surface area (TPSA) is 3.24 Å². The first-order valence-electron chi connectivity index (χ1n) is 8.32. The molecule has 1 rings (SSSR count). The van der Waals surface area contributed by atoms with Gasteiger partial charge in [0, 0.05) is 12.6 Å². The second kappa shape index (κ2) is 7.47. The van der Waals surface area contributed by atoms with Gasteiger partial charge in [-0.1, -0.05) is 45.8 Å². The lowest BCUT2D eigenvalue weighted by Crippen LogP contribution is -2.32. The average molecular weight is 265 g/mol. The molecule has 0 aliphatic carbocycles. The molecule has 1 fully saturated rings. The molecule has 1 saturated heterocycles. The third-order valence-corrected chi connectivity index (χ3v) is 5.05. The minimum Gasteiger partial charge on any atom is -0.300 e. The molecule has 0 radical (unpaired) electrons. The Hall–Kier alpha value is -0.300. The number of unbranched alkanes of at least 4 members (excludes halogenated alkanes) is 1. The molecule has 1 heteroatoms. The number of nitrogens with zero attached hydrogens (tertiary/aromatic N) is 1. The molecule has 0 aromatic rings. The third kappa shape index (κ3) is 4.95. The number of rotatable bonds is 8. The van der Waals surface area contributed by atoms with Crippen LogP contribution < -0.4 is 0 Å². The van der Waals surface area contributed by atoms with E-state index < -0.39 is 0 Å². The van der Waals surface area contributed by atoms with Gasteiger partial charge < -0.3 is 4.90 Å². The highest BCUT2D eigenvalue weighted by atomic mass is 15.2. The van der Waals surface area contributed by atoms with Gasteiger partial charge in [0.15, 0.2) is 0 Å². The molecule has 0 N–H and O–H groups in total. The molecule has 0 saturated carbocycles. The van der Waals surface area contributed by atoms with Crippen molar-refractivity contribution < 1.29 is 0 Å². The summed E-state index contributed by atoms with van der Waals surface area (Å²) in [6.45, 7) is 18.4. The van der Waals surface area contributed by atoms with Crippen LogP contribution in [-0.4, -0.2) is 24.0 Å². The molecule has 1 atom stereocenters. The van der Waals surface area contributed by atoms with Crippen LogP contribution in [0.1, 0.15) is 73.1 Å². The summed E-state index contributed by atoms with van der Waals surface area (Å²) in [5, 5.41) is 0. The summed E-state index contributed by atoms with van der Waals surface area (Å²) >= 11 is 0. The summed E-state index contributed by atoms with van der Waals surface area (Å²) in [6.07, 6.45) is 8.11.